The van der Waals surface area contributed by atoms with Gasteiger partial charge in [0.15, 0.2) is 0 Å². The van der Waals surface area contributed by atoms with Gasteiger partial charge >= 0.3 is 5.97 Å². The minimum atomic E-state index is -1.12. The highest BCUT2D eigenvalue weighted by atomic mass is 35.5. The number of nitrogens with one attached hydrogen (secondary N) is 3. The fourth-order valence-electron chi connectivity index (χ4n) is 3.72. The highest BCUT2D eigenvalue weighted by molar-refractivity contribution is 6.30. The zero-order valence-corrected chi connectivity index (χ0v) is 18.7. The first-order valence-corrected chi connectivity index (χ1v) is 10.9. The van der Waals surface area contributed by atoms with Gasteiger partial charge in [-0.25, -0.2) is 4.79 Å². The number of benzene rings is 2. The van der Waals surface area contributed by atoms with Crippen LogP contribution in [0.15, 0.2) is 59.5 Å². The Morgan fingerprint density at radius 2 is 1.74 bits per heavy atom. The van der Waals surface area contributed by atoms with E-state index in [9.17, 15) is 19.5 Å². The molecule has 4 rings (SSSR count). The molecule has 1 atom stereocenters. The third-order valence-electron chi connectivity index (χ3n) is 5.50. The van der Waals surface area contributed by atoms with Crippen molar-refractivity contribution in [3.05, 3.63) is 92.4 Å². The summed E-state index contributed by atoms with van der Waals surface area (Å²) in [5, 5.41) is 13.1. The van der Waals surface area contributed by atoms with Crippen molar-refractivity contribution >= 4 is 40.5 Å². The molecule has 0 aliphatic carbocycles. The largest absolute Gasteiger partial charge is 0.480 e. The van der Waals surface area contributed by atoms with Gasteiger partial charge in [-0.05, 0) is 53.8 Å². The number of aliphatic carboxylic acids is 1. The van der Waals surface area contributed by atoms with Crippen molar-refractivity contribution in [3.63, 3.8) is 0 Å². The van der Waals surface area contributed by atoms with Gasteiger partial charge < -0.3 is 21.1 Å². The Morgan fingerprint density at radius 3 is 2.41 bits per heavy atom. The Hall–Kier alpha value is -4.11. The second-order valence-corrected chi connectivity index (χ2v) is 8.32. The molecule has 174 valence electrons. The summed E-state index contributed by atoms with van der Waals surface area (Å²) in [4.78, 5) is 46.0. The molecule has 0 aliphatic heterocycles. The number of nitrogen functional groups attached to an aromatic ring is 1. The fraction of sp³-hybridized carbons (Fsp3) is 0.167. The number of hydrogen-bond acceptors (Lipinski definition) is 5. The summed E-state index contributed by atoms with van der Waals surface area (Å²) >= 11 is 5.87. The average Bonchev–Trinajstić information content (AvgIpc) is 3.22. The summed E-state index contributed by atoms with van der Waals surface area (Å²) in [5.41, 5.74) is 8.60. The smallest absolute Gasteiger partial charge is 0.326 e. The van der Waals surface area contributed by atoms with Crippen molar-refractivity contribution in [2.24, 2.45) is 0 Å². The molecule has 34 heavy (non-hydrogen) atoms. The van der Waals surface area contributed by atoms with Crippen LogP contribution in [0.5, 0.6) is 0 Å². The summed E-state index contributed by atoms with van der Waals surface area (Å²) in [6.07, 6.45) is 3.09. The maximum atomic E-state index is 12.6. The number of fused-ring (bicyclic) bond motifs is 1. The second kappa shape index (κ2) is 9.80. The van der Waals surface area contributed by atoms with E-state index in [1.54, 1.807) is 54.7 Å². The lowest BCUT2D eigenvalue weighted by Gasteiger charge is -2.15. The van der Waals surface area contributed by atoms with Crippen molar-refractivity contribution in [1.82, 2.24) is 20.3 Å². The van der Waals surface area contributed by atoms with Crippen molar-refractivity contribution < 1.29 is 14.7 Å². The quantitative estimate of drug-likeness (QED) is 0.262. The number of nitrogens with zero attached hydrogens (tertiary/aromatic N) is 1. The van der Waals surface area contributed by atoms with Crippen LogP contribution in [0.2, 0.25) is 5.02 Å². The predicted molar refractivity (Wildman–Crippen MR) is 129 cm³/mol. The molecule has 0 radical (unpaired) electrons. The Bertz CT molecular complexity index is 1390. The second-order valence-electron chi connectivity index (χ2n) is 7.88. The minimum absolute atomic E-state index is 0.0538. The zero-order chi connectivity index (χ0) is 24.2. The molecular weight excluding hydrogens is 458 g/mol. The van der Waals surface area contributed by atoms with Gasteiger partial charge in [0.1, 0.15) is 11.7 Å². The van der Waals surface area contributed by atoms with Gasteiger partial charge in [0, 0.05) is 23.2 Å². The number of carboxylic acids is 1. The van der Waals surface area contributed by atoms with Gasteiger partial charge in [0.25, 0.3) is 11.5 Å². The number of anilines is 1. The van der Waals surface area contributed by atoms with E-state index < -0.39 is 17.9 Å². The summed E-state index contributed by atoms with van der Waals surface area (Å²) in [7, 11) is 0. The lowest BCUT2D eigenvalue weighted by molar-refractivity contribution is -0.139. The maximum absolute atomic E-state index is 12.6. The molecule has 0 spiro atoms. The Morgan fingerprint density at radius 1 is 1.06 bits per heavy atom. The van der Waals surface area contributed by atoms with Gasteiger partial charge in [-0.3, -0.25) is 14.6 Å². The highest BCUT2D eigenvalue weighted by Crippen LogP contribution is 2.16. The monoisotopic (exact) mass is 479 g/mol. The average molecular weight is 480 g/mol. The fourth-order valence-corrected chi connectivity index (χ4v) is 3.84. The molecule has 2 heterocycles. The lowest BCUT2D eigenvalue weighted by atomic mass is 10.0. The molecule has 1 unspecified atom stereocenters. The number of carbonyl (C=O) groups excluding carboxylic acids is 1. The number of nitrogens with two attached hydrogens (primary N) is 1. The first kappa shape index (κ1) is 23.1. The standard InChI is InChI=1S/C24H22ClN5O4/c25-17-9-4-14(5-10-17)11-18(23(33)34)28-21(31)15-6-1-13(2-7-15)3-8-16-12-27-20-19(16)22(32)30-24(26)29-20/h1-2,4-7,9-10,12,18H,3,8,11H2,(H,28,31)(H,33,34)(H4,26,27,29,30,32). The number of aromatic amines is 2. The predicted octanol–water partition coefficient (Wildman–Crippen LogP) is 2.70. The van der Waals surface area contributed by atoms with Gasteiger partial charge in [0.05, 0.1) is 5.39 Å². The molecule has 0 bridgehead atoms. The van der Waals surface area contributed by atoms with Gasteiger partial charge in [-0.15, -0.1) is 0 Å². The summed E-state index contributed by atoms with van der Waals surface area (Å²) in [6, 6.07) is 12.6. The zero-order valence-electron chi connectivity index (χ0n) is 18.0. The van der Waals surface area contributed by atoms with E-state index in [2.05, 4.69) is 20.3 Å². The third-order valence-corrected chi connectivity index (χ3v) is 5.75. The number of carbonyl (C=O) groups is 2. The van der Waals surface area contributed by atoms with Crippen LogP contribution in [-0.2, 0) is 24.1 Å². The molecule has 4 aromatic rings. The molecule has 9 nitrogen and oxygen atoms in total. The highest BCUT2D eigenvalue weighted by Gasteiger charge is 2.21. The first-order chi connectivity index (χ1) is 16.3. The Balaban J connectivity index is 1.39. The first-order valence-electron chi connectivity index (χ1n) is 10.5. The van der Waals surface area contributed by atoms with Crippen molar-refractivity contribution in [3.8, 4) is 0 Å². The van der Waals surface area contributed by atoms with Gasteiger partial charge in [-0.2, -0.15) is 4.98 Å². The van der Waals surface area contributed by atoms with Gasteiger partial charge in [-0.1, -0.05) is 35.9 Å². The molecular formula is C24H22ClN5O4. The van der Waals surface area contributed by atoms with E-state index in [4.69, 9.17) is 17.3 Å². The van der Waals surface area contributed by atoms with E-state index in [1.165, 1.54) is 0 Å². The van der Waals surface area contributed by atoms with E-state index in [0.717, 1.165) is 16.7 Å². The maximum Gasteiger partial charge on any atom is 0.326 e. The molecule has 10 heteroatoms. The van der Waals surface area contributed by atoms with Crippen LogP contribution in [0.25, 0.3) is 11.0 Å². The Labute approximate surface area is 199 Å². The molecule has 1 amide bonds. The van der Waals surface area contributed by atoms with Crippen LogP contribution in [0.3, 0.4) is 0 Å². The van der Waals surface area contributed by atoms with Crippen LogP contribution in [-0.4, -0.2) is 38.0 Å². The van der Waals surface area contributed by atoms with E-state index in [-0.39, 0.29) is 17.9 Å². The topological polar surface area (TPSA) is 154 Å². The summed E-state index contributed by atoms with van der Waals surface area (Å²) < 4.78 is 0. The van der Waals surface area contributed by atoms with Crippen molar-refractivity contribution in [2.45, 2.75) is 25.3 Å². The van der Waals surface area contributed by atoms with E-state index in [0.29, 0.717) is 34.5 Å². The molecule has 0 saturated heterocycles. The van der Waals surface area contributed by atoms with Crippen molar-refractivity contribution in [2.75, 3.05) is 5.73 Å². The molecule has 0 saturated carbocycles. The number of hydrogen-bond donors (Lipinski definition) is 5. The number of aryl methyl sites for hydroxylation is 2. The normalized spacial score (nSPS) is 11.9. The van der Waals surface area contributed by atoms with E-state index in [1.807, 2.05) is 0 Å². The van der Waals surface area contributed by atoms with Crippen molar-refractivity contribution in [1.29, 1.82) is 0 Å². The molecule has 2 aromatic heterocycles. The van der Waals surface area contributed by atoms with Gasteiger partial charge in [0.2, 0.25) is 5.95 Å². The Kier molecular flexibility index (Phi) is 6.65. The number of aromatic nitrogens is 3. The lowest BCUT2D eigenvalue weighted by Crippen LogP contribution is -2.42. The molecule has 0 aliphatic rings. The van der Waals surface area contributed by atoms with Crippen LogP contribution in [0.4, 0.5) is 5.95 Å². The molecule has 2 aromatic carbocycles. The molecule has 0 fully saturated rings. The number of halogens is 1. The van der Waals surface area contributed by atoms with Crippen LogP contribution in [0.1, 0.15) is 27.0 Å². The van der Waals surface area contributed by atoms with Crippen LogP contribution < -0.4 is 16.6 Å². The minimum Gasteiger partial charge on any atom is -0.480 e. The number of H-pyrrole nitrogens is 2. The summed E-state index contributed by atoms with van der Waals surface area (Å²) in [6.45, 7) is 0. The van der Waals surface area contributed by atoms with E-state index >= 15 is 0 Å². The number of amides is 1. The number of carboxylic acid groups (broad SMARTS) is 1. The third kappa shape index (κ3) is 5.26. The van der Waals surface area contributed by atoms with Crippen LogP contribution in [0, 0.1) is 0 Å². The molecule has 6 N–H and O–H groups in total. The summed E-state index contributed by atoms with van der Waals surface area (Å²) in [5.74, 6) is -1.54. The SMILES string of the molecule is Nc1nc2[nH]cc(CCc3ccc(C(=O)NC(Cc4ccc(Cl)cc4)C(=O)O)cc3)c2c(=O)[nH]1. The number of rotatable bonds is 8. The van der Waals surface area contributed by atoms with Crippen LogP contribution >= 0.6 is 11.6 Å².